The smallest absolute Gasteiger partial charge is 0.207 e. The molecule has 0 bridgehead atoms. The molecular formula is C12H13BrFNO2S. The molecule has 0 N–H and O–H groups in total. The standard InChI is InChI=1S/C12H13BrFNO2S/c1-9-3-2-6-15(8-9)18(16,17)10-4-5-11(13)12(14)7-10/h3-5,7H,2,6,8H2,1H3. The van der Waals surface area contributed by atoms with Crippen LogP contribution >= 0.6 is 15.9 Å². The topological polar surface area (TPSA) is 37.4 Å². The van der Waals surface area contributed by atoms with Crippen LogP contribution in [0.1, 0.15) is 13.3 Å². The average molecular weight is 334 g/mol. The van der Waals surface area contributed by atoms with Gasteiger partial charge in [-0.15, -0.1) is 0 Å². The third kappa shape index (κ3) is 2.65. The van der Waals surface area contributed by atoms with Gasteiger partial charge >= 0.3 is 0 Å². The molecule has 0 atom stereocenters. The zero-order valence-electron chi connectivity index (χ0n) is 9.86. The molecule has 3 nitrogen and oxygen atoms in total. The largest absolute Gasteiger partial charge is 0.243 e. The van der Waals surface area contributed by atoms with Crippen molar-refractivity contribution >= 4 is 26.0 Å². The van der Waals surface area contributed by atoms with E-state index in [1.54, 1.807) is 0 Å². The maximum absolute atomic E-state index is 13.4. The highest BCUT2D eigenvalue weighted by Crippen LogP contribution is 2.24. The number of hydrogen-bond acceptors (Lipinski definition) is 2. The van der Waals surface area contributed by atoms with Crippen LogP contribution in [0.3, 0.4) is 0 Å². The predicted molar refractivity (Wildman–Crippen MR) is 71.2 cm³/mol. The van der Waals surface area contributed by atoms with Crippen LogP contribution in [0.5, 0.6) is 0 Å². The minimum absolute atomic E-state index is 0.00194. The zero-order chi connectivity index (χ0) is 13.3. The molecule has 6 heteroatoms. The SMILES string of the molecule is CC1=CCCN(S(=O)(=O)c2ccc(Br)c(F)c2)C1. The third-order valence-electron chi connectivity index (χ3n) is 2.83. The van der Waals surface area contributed by atoms with E-state index >= 15 is 0 Å². The number of nitrogens with zero attached hydrogens (tertiary/aromatic N) is 1. The van der Waals surface area contributed by atoms with Crippen LogP contribution in [0.25, 0.3) is 0 Å². The maximum Gasteiger partial charge on any atom is 0.243 e. The van der Waals surface area contributed by atoms with Gasteiger partial charge in [0.05, 0.1) is 9.37 Å². The fourth-order valence-corrected chi connectivity index (χ4v) is 3.62. The molecule has 0 aliphatic carbocycles. The lowest BCUT2D eigenvalue weighted by molar-refractivity contribution is 0.427. The minimum atomic E-state index is -3.60. The fraction of sp³-hybridized carbons (Fsp3) is 0.333. The number of sulfonamides is 1. The van der Waals surface area contributed by atoms with Crippen LogP contribution < -0.4 is 0 Å². The average Bonchev–Trinajstić information content (AvgIpc) is 2.32. The molecule has 98 valence electrons. The molecule has 1 aliphatic heterocycles. The Bertz CT molecular complexity index is 598. The van der Waals surface area contributed by atoms with Gasteiger partial charge in [-0.1, -0.05) is 11.6 Å². The molecule has 2 rings (SSSR count). The summed E-state index contributed by atoms with van der Waals surface area (Å²) >= 11 is 3.01. The van der Waals surface area contributed by atoms with Crippen molar-refractivity contribution in [3.8, 4) is 0 Å². The number of halogens is 2. The van der Waals surface area contributed by atoms with Gasteiger partial charge in [-0.3, -0.25) is 0 Å². The predicted octanol–water partition coefficient (Wildman–Crippen LogP) is 2.93. The van der Waals surface area contributed by atoms with Gasteiger partial charge < -0.3 is 0 Å². The minimum Gasteiger partial charge on any atom is -0.207 e. The summed E-state index contributed by atoms with van der Waals surface area (Å²) in [6, 6.07) is 3.87. The molecule has 1 heterocycles. The Hall–Kier alpha value is -0.720. The highest BCUT2D eigenvalue weighted by Gasteiger charge is 2.26. The summed E-state index contributed by atoms with van der Waals surface area (Å²) in [6.07, 6.45) is 2.72. The molecule has 1 aromatic carbocycles. The lowest BCUT2D eigenvalue weighted by Gasteiger charge is -2.25. The highest BCUT2D eigenvalue weighted by atomic mass is 79.9. The Morgan fingerprint density at radius 2 is 2.11 bits per heavy atom. The van der Waals surface area contributed by atoms with Gasteiger partial charge in [-0.2, -0.15) is 4.31 Å². The molecule has 0 amide bonds. The second-order valence-corrected chi connectivity index (χ2v) is 7.05. The summed E-state index contributed by atoms with van der Waals surface area (Å²) in [5.74, 6) is -0.569. The van der Waals surface area contributed by atoms with Crippen LogP contribution in [0.2, 0.25) is 0 Å². The molecule has 0 saturated carbocycles. The van der Waals surface area contributed by atoms with Crippen LogP contribution in [-0.4, -0.2) is 25.8 Å². The van der Waals surface area contributed by atoms with Crippen molar-refractivity contribution < 1.29 is 12.8 Å². The summed E-state index contributed by atoms with van der Waals surface area (Å²) in [7, 11) is -3.60. The monoisotopic (exact) mass is 333 g/mol. The number of rotatable bonds is 2. The van der Waals surface area contributed by atoms with E-state index in [1.165, 1.54) is 16.4 Å². The van der Waals surface area contributed by atoms with Crippen LogP contribution in [0.15, 0.2) is 39.2 Å². The zero-order valence-corrected chi connectivity index (χ0v) is 12.3. The highest BCUT2D eigenvalue weighted by molar-refractivity contribution is 9.10. The van der Waals surface area contributed by atoms with E-state index in [0.29, 0.717) is 19.5 Å². The Kier molecular flexibility index (Phi) is 3.89. The van der Waals surface area contributed by atoms with Crippen molar-refractivity contribution in [2.75, 3.05) is 13.1 Å². The van der Waals surface area contributed by atoms with E-state index < -0.39 is 15.8 Å². The molecule has 1 aromatic rings. The quantitative estimate of drug-likeness (QED) is 0.780. The lowest BCUT2D eigenvalue weighted by Crippen LogP contribution is -2.35. The van der Waals surface area contributed by atoms with Crippen molar-refractivity contribution in [1.82, 2.24) is 4.31 Å². The van der Waals surface area contributed by atoms with Crippen LogP contribution in [0, 0.1) is 5.82 Å². The molecule has 18 heavy (non-hydrogen) atoms. The molecule has 0 unspecified atom stereocenters. The first kappa shape index (κ1) is 13.7. The van der Waals surface area contributed by atoms with Crippen molar-refractivity contribution in [2.24, 2.45) is 0 Å². The third-order valence-corrected chi connectivity index (χ3v) is 5.31. The fourth-order valence-electron chi connectivity index (χ4n) is 1.87. The molecule has 0 aromatic heterocycles. The van der Waals surface area contributed by atoms with E-state index in [9.17, 15) is 12.8 Å². The summed E-state index contributed by atoms with van der Waals surface area (Å²) in [6.45, 7) is 2.71. The number of hydrogen-bond donors (Lipinski definition) is 0. The Balaban J connectivity index is 2.36. The molecule has 0 spiro atoms. The first-order valence-corrected chi connectivity index (χ1v) is 7.75. The Labute approximate surface area is 114 Å². The van der Waals surface area contributed by atoms with Gasteiger partial charge in [0.2, 0.25) is 10.0 Å². The van der Waals surface area contributed by atoms with E-state index in [2.05, 4.69) is 15.9 Å². The van der Waals surface area contributed by atoms with E-state index in [4.69, 9.17) is 0 Å². The van der Waals surface area contributed by atoms with Crippen molar-refractivity contribution in [1.29, 1.82) is 0 Å². The summed E-state index contributed by atoms with van der Waals surface area (Å²) < 4.78 is 39.7. The van der Waals surface area contributed by atoms with Crippen molar-refractivity contribution in [3.05, 3.63) is 40.1 Å². The molecule has 1 aliphatic rings. The maximum atomic E-state index is 13.4. The first-order valence-electron chi connectivity index (χ1n) is 5.52. The van der Waals surface area contributed by atoms with Crippen molar-refractivity contribution in [3.63, 3.8) is 0 Å². The van der Waals surface area contributed by atoms with Gasteiger partial charge in [0.25, 0.3) is 0 Å². The van der Waals surface area contributed by atoms with Gasteiger partial charge in [0.1, 0.15) is 5.82 Å². The van der Waals surface area contributed by atoms with Crippen LogP contribution in [-0.2, 0) is 10.0 Å². The van der Waals surface area contributed by atoms with Crippen molar-refractivity contribution in [2.45, 2.75) is 18.2 Å². The van der Waals surface area contributed by atoms with Crippen LogP contribution in [0.4, 0.5) is 4.39 Å². The van der Waals surface area contributed by atoms with Gasteiger partial charge in [0.15, 0.2) is 0 Å². The molecular weight excluding hydrogens is 321 g/mol. The van der Waals surface area contributed by atoms with Gasteiger partial charge in [-0.05, 0) is 47.5 Å². The Morgan fingerprint density at radius 3 is 2.72 bits per heavy atom. The summed E-state index contributed by atoms with van der Waals surface area (Å²) in [5.41, 5.74) is 1.02. The normalized spacial score (nSPS) is 17.6. The van der Waals surface area contributed by atoms with E-state index in [-0.39, 0.29) is 9.37 Å². The van der Waals surface area contributed by atoms with E-state index in [1.807, 2.05) is 13.0 Å². The van der Waals surface area contributed by atoms with E-state index in [0.717, 1.165) is 11.6 Å². The Morgan fingerprint density at radius 1 is 1.39 bits per heavy atom. The van der Waals surface area contributed by atoms with Gasteiger partial charge in [-0.25, -0.2) is 12.8 Å². The molecule has 0 radical (unpaired) electrons. The lowest BCUT2D eigenvalue weighted by atomic mass is 10.2. The summed E-state index contributed by atoms with van der Waals surface area (Å²) in [5, 5.41) is 0. The van der Waals surface area contributed by atoms with Gasteiger partial charge in [0, 0.05) is 13.1 Å². The second kappa shape index (κ2) is 5.11. The summed E-state index contributed by atoms with van der Waals surface area (Å²) in [4.78, 5) is -0.00194. The number of benzene rings is 1. The molecule has 0 saturated heterocycles. The first-order chi connectivity index (χ1) is 8.41. The molecule has 0 fully saturated rings. The second-order valence-electron chi connectivity index (χ2n) is 4.25.